The quantitative estimate of drug-likeness (QED) is 0.550. The van der Waals surface area contributed by atoms with Crippen molar-refractivity contribution in [1.82, 2.24) is 0 Å². The minimum Gasteiger partial charge on any atom is -0.493 e. The van der Waals surface area contributed by atoms with Crippen molar-refractivity contribution in [3.8, 4) is 11.5 Å². The topological polar surface area (TPSA) is 35.5 Å². The number of allylic oxidation sites excluding steroid dienone is 1. The van der Waals surface area contributed by atoms with Crippen LogP contribution in [0.1, 0.15) is 22.8 Å². The van der Waals surface area contributed by atoms with Crippen LogP contribution in [0, 0.1) is 0 Å². The van der Waals surface area contributed by atoms with Crippen LogP contribution < -0.4 is 9.47 Å². The molecular weight excluding hydrogens is 344 g/mol. The van der Waals surface area contributed by atoms with Gasteiger partial charge in [0.15, 0.2) is 17.3 Å². The lowest BCUT2D eigenvalue weighted by Crippen LogP contribution is -1.97. The smallest absolute Gasteiger partial charge is 0.185 e. The SMILES string of the molecule is CCOc1c(Br)cc(/C=C/C(=O)c2ccccc2)cc1OC. The summed E-state index contributed by atoms with van der Waals surface area (Å²) < 4.78 is 11.7. The summed E-state index contributed by atoms with van der Waals surface area (Å²) in [6.07, 6.45) is 3.31. The van der Waals surface area contributed by atoms with E-state index in [4.69, 9.17) is 9.47 Å². The van der Waals surface area contributed by atoms with Crippen LogP contribution in [0.25, 0.3) is 6.08 Å². The van der Waals surface area contributed by atoms with E-state index in [0.29, 0.717) is 23.7 Å². The lowest BCUT2D eigenvalue weighted by molar-refractivity contribution is 0.104. The Balaban J connectivity index is 2.24. The molecule has 0 aromatic heterocycles. The Morgan fingerprint density at radius 3 is 2.59 bits per heavy atom. The lowest BCUT2D eigenvalue weighted by atomic mass is 10.1. The Labute approximate surface area is 138 Å². The maximum Gasteiger partial charge on any atom is 0.185 e. The molecule has 0 unspecified atom stereocenters. The zero-order valence-electron chi connectivity index (χ0n) is 12.5. The summed E-state index contributed by atoms with van der Waals surface area (Å²) in [5.41, 5.74) is 1.52. The molecule has 22 heavy (non-hydrogen) atoms. The highest BCUT2D eigenvalue weighted by Gasteiger charge is 2.10. The molecule has 3 nitrogen and oxygen atoms in total. The fourth-order valence-electron chi connectivity index (χ4n) is 1.99. The predicted molar refractivity (Wildman–Crippen MR) is 91.7 cm³/mol. The van der Waals surface area contributed by atoms with E-state index in [0.717, 1.165) is 10.0 Å². The van der Waals surface area contributed by atoms with Crippen LogP contribution >= 0.6 is 15.9 Å². The molecule has 0 aliphatic heterocycles. The highest BCUT2D eigenvalue weighted by molar-refractivity contribution is 9.10. The van der Waals surface area contributed by atoms with Crippen molar-refractivity contribution in [2.45, 2.75) is 6.92 Å². The van der Waals surface area contributed by atoms with Gasteiger partial charge in [-0.2, -0.15) is 0 Å². The van der Waals surface area contributed by atoms with Crippen molar-refractivity contribution in [2.24, 2.45) is 0 Å². The van der Waals surface area contributed by atoms with Crippen LogP contribution in [0.5, 0.6) is 11.5 Å². The van der Waals surface area contributed by atoms with Gasteiger partial charge in [0.1, 0.15) is 0 Å². The van der Waals surface area contributed by atoms with Gasteiger partial charge >= 0.3 is 0 Å². The van der Waals surface area contributed by atoms with E-state index >= 15 is 0 Å². The van der Waals surface area contributed by atoms with Gasteiger partial charge in [-0.15, -0.1) is 0 Å². The molecule has 0 N–H and O–H groups in total. The van der Waals surface area contributed by atoms with Crippen molar-refractivity contribution in [1.29, 1.82) is 0 Å². The summed E-state index contributed by atoms with van der Waals surface area (Å²) in [6, 6.07) is 12.9. The fourth-order valence-corrected chi connectivity index (χ4v) is 2.57. The normalized spacial score (nSPS) is 10.7. The van der Waals surface area contributed by atoms with Gasteiger partial charge in [0.2, 0.25) is 0 Å². The standard InChI is InChI=1S/C18H17BrO3/c1-3-22-18-15(19)11-13(12-17(18)21-2)9-10-16(20)14-7-5-4-6-8-14/h4-12H,3H2,1-2H3/b10-9+. The average molecular weight is 361 g/mol. The summed E-state index contributed by atoms with van der Waals surface area (Å²) in [6.45, 7) is 2.47. The predicted octanol–water partition coefficient (Wildman–Crippen LogP) is 4.75. The van der Waals surface area contributed by atoms with Crippen molar-refractivity contribution < 1.29 is 14.3 Å². The molecule has 114 valence electrons. The molecule has 2 aromatic carbocycles. The molecule has 0 aliphatic carbocycles. The summed E-state index contributed by atoms with van der Waals surface area (Å²) in [4.78, 5) is 12.1. The number of carbonyl (C=O) groups excluding carboxylic acids is 1. The molecule has 0 amide bonds. The van der Waals surface area contributed by atoms with Gasteiger partial charge in [-0.05, 0) is 46.6 Å². The Bertz CT molecular complexity index is 678. The summed E-state index contributed by atoms with van der Waals surface area (Å²) in [7, 11) is 1.59. The Hall–Kier alpha value is -2.07. The summed E-state index contributed by atoms with van der Waals surface area (Å²) >= 11 is 3.47. The first-order chi connectivity index (χ1) is 10.7. The maximum absolute atomic E-state index is 12.1. The Kier molecular flexibility index (Phi) is 5.78. The number of ketones is 1. The lowest BCUT2D eigenvalue weighted by Gasteiger charge is -2.12. The number of benzene rings is 2. The number of carbonyl (C=O) groups is 1. The Morgan fingerprint density at radius 1 is 1.23 bits per heavy atom. The van der Waals surface area contributed by atoms with Crippen LogP contribution in [-0.4, -0.2) is 19.5 Å². The van der Waals surface area contributed by atoms with Crippen molar-refractivity contribution in [3.05, 3.63) is 64.1 Å². The molecule has 0 spiro atoms. The second-order valence-electron chi connectivity index (χ2n) is 4.53. The Morgan fingerprint density at radius 2 is 1.95 bits per heavy atom. The molecule has 2 rings (SSSR count). The van der Waals surface area contributed by atoms with Crippen LogP contribution in [0.2, 0.25) is 0 Å². The second kappa shape index (κ2) is 7.80. The zero-order chi connectivity index (χ0) is 15.9. The first-order valence-electron chi connectivity index (χ1n) is 6.93. The number of halogens is 1. The van der Waals surface area contributed by atoms with Gasteiger partial charge in [-0.1, -0.05) is 36.4 Å². The number of hydrogen-bond donors (Lipinski definition) is 0. The fraction of sp³-hybridized carbons (Fsp3) is 0.167. The van der Waals surface area contributed by atoms with Crippen molar-refractivity contribution in [2.75, 3.05) is 13.7 Å². The van der Waals surface area contributed by atoms with Crippen molar-refractivity contribution in [3.63, 3.8) is 0 Å². The molecule has 2 aromatic rings. The highest BCUT2D eigenvalue weighted by atomic mass is 79.9. The molecule has 0 radical (unpaired) electrons. The largest absolute Gasteiger partial charge is 0.493 e. The molecule has 0 saturated carbocycles. The van der Waals surface area contributed by atoms with Gasteiger partial charge in [0.25, 0.3) is 0 Å². The van der Waals surface area contributed by atoms with Crippen LogP contribution in [0.4, 0.5) is 0 Å². The molecule has 0 fully saturated rings. The average Bonchev–Trinajstić information content (AvgIpc) is 2.55. The molecule has 0 aliphatic rings. The number of hydrogen-bond acceptors (Lipinski definition) is 3. The van der Waals surface area contributed by atoms with E-state index in [1.54, 1.807) is 31.4 Å². The molecule has 4 heteroatoms. The van der Waals surface area contributed by atoms with Gasteiger partial charge in [0, 0.05) is 5.56 Å². The third-order valence-corrected chi connectivity index (χ3v) is 3.61. The van der Waals surface area contributed by atoms with E-state index in [-0.39, 0.29) is 5.78 Å². The van der Waals surface area contributed by atoms with Crippen LogP contribution in [-0.2, 0) is 0 Å². The summed E-state index contributed by atoms with van der Waals surface area (Å²) in [5, 5.41) is 0. The third kappa shape index (κ3) is 3.98. The number of methoxy groups -OCH3 is 1. The molecule has 0 heterocycles. The maximum atomic E-state index is 12.1. The highest BCUT2D eigenvalue weighted by Crippen LogP contribution is 2.37. The zero-order valence-corrected chi connectivity index (χ0v) is 14.1. The van der Waals surface area contributed by atoms with E-state index in [1.165, 1.54) is 0 Å². The molecule has 0 bridgehead atoms. The van der Waals surface area contributed by atoms with Crippen molar-refractivity contribution >= 4 is 27.8 Å². The van der Waals surface area contributed by atoms with Crippen LogP contribution in [0.3, 0.4) is 0 Å². The van der Waals surface area contributed by atoms with E-state index in [2.05, 4.69) is 15.9 Å². The number of rotatable bonds is 6. The molecule has 0 atom stereocenters. The van der Waals surface area contributed by atoms with E-state index < -0.39 is 0 Å². The third-order valence-electron chi connectivity index (χ3n) is 3.03. The minimum absolute atomic E-state index is 0.0374. The molecular formula is C18H17BrO3. The summed E-state index contributed by atoms with van der Waals surface area (Å²) in [5.74, 6) is 1.25. The van der Waals surface area contributed by atoms with E-state index in [9.17, 15) is 4.79 Å². The van der Waals surface area contributed by atoms with Gasteiger partial charge in [-0.25, -0.2) is 0 Å². The first-order valence-corrected chi connectivity index (χ1v) is 7.72. The van der Waals surface area contributed by atoms with Crippen LogP contribution in [0.15, 0.2) is 53.0 Å². The van der Waals surface area contributed by atoms with Gasteiger partial charge < -0.3 is 9.47 Å². The number of ether oxygens (including phenoxy) is 2. The minimum atomic E-state index is -0.0374. The first kappa shape index (κ1) is 16.3. The van der Waals surface area contributed by atoms with Gasteiger partial charge in [-0.3, -0.25) is 4.79 Å². The molecule has 0 saturated heterocycles. The van der Waals surface area contributed by atoms with E-state index in [1.807, 2.05) is 37.3 Å². The van der Waals surface area contributed by atoms with Gasteiger partial charge in [0.05, 0.1) is 18.2 Å². The second-order valence-corrected chi connectivity index (χ2v) is 5.39. The monoisotopic (exact) mass is 360 g/mol.